The Kier molecular flexibility index (Phi) is 6.79. The van der Waals surface area contributed by atoms with Crippen molar-refractivity contribution in [3.8, 4) is 0 Å². The van der Waals surface area contributed by atoms with Crippen molar-refractivity contribution in [3.05, 3.63) is 30.4 Å². The average Bonchev–Trinajstić information content (AvgIpc) is 3.11. The Hall–Kier alpha value is -2.54. The van der Waals surface area contributed by atoms with Gasteiger partial charge in [-0.25, -0.2) is 9.97 Å². The summed E-state index contributed by atoms with van der Waals surface area (Å²) in [5.41, 5.74) is 10.6. The Bertz CT molecular complexity index is 980. The molecule has 3 aromatic rings. The lowest BCUT2D eigenvalue weighted by Crippen LogP contribution is -2.42. The number of nitrogens with one attached hydrogen (secondary N) is 1. The zero-order valence-corrected chi connectivity index (χ0v) is 17.9. The fraction of sp³-hybridized carbons (Fsp3) is 0.545. The van der Waals surface area contributed by atoms with Crippen molar-refractivity contribution in [2.75, 3.05) is 6.54 Å². The maximum atomic E-state index is 12.2. The minimum atomic E-state index is -0.470. The number of hydrogen-bond donors (Lipinski definition) is 2. The third-order valence-corrected chi connectivity index (χ3v) is 5.23. The lowest BCUT2D eigenvalue weighted by atomic mass is 10.00. The van der Waals surface area contributed by atoms with Gasteiger partial charge >= 0.3 is 0 Å². The lowest BCUT2D eigenvalue weighted by Gasteiger charge is -2.15. The predicted octanol–water partition coefficient (Wildman–Crippen LogP) is 3.37. The smallest absolute Gasteiger partial charge is 0.236 e. The summed E-state index contributed by atoms with van der Waals surface area (Å²) in [5.74, 6) is 0.607. The summed E-state index contributed by atoms with van der Waals surface area (Å²) >= 11 is 0. The second-order valence-corrected chi connectivity index (χ2v) is 8.22. The second-order valence-electron chi connectivity index (χ2n) is 8.22. The number of nitrogens with zero attached hydrogens (tertiary/aromatic N) is 4. The zero-order chi connectivity index (χ0) is 21.0. The number of hydrogen-bond acceptors (Lipinski definition) is 5. The Balaban J connectivity index is 1.87. The number of imidazole rings is 1. The predicted molar refractivity (Wildman–Crippen MR) is 117 cm³/mol. The van der Waals surface area contributed by atoms with Crippen LogP contribution in [0.4, 0.5) is 0 Å². The minimum absolute atomic E-state index is 0.106. The highest BCUT2D eigenvalue weighted by Gasteiger charge is 2.19. The average molecular weight is 397 g/mol. The van der Waals surface area contributed by atoms with Crippen LogP contribution in [0.15, 0.2) is 24.7 Å². The van der Waals surface area contributed by atoms with Gasteiger partial charge in [0.2, 0.25) is 5.91 Å². The molecule has 0 saturated carbocycles. The first-order valence-corrected chi connectivity index (χ1v) is 10.5. The molecule has 0 aliphatic heterocycles. The fourth-order valence-electron chi connectivity index (χ4n) is 3.80. The highest BCUT2D eigenvalue weighted by Crippen LogP contribution is 2.30. The van der Waals surface area contributed by atoms with E-state index in [0.29, 0.717) is 31.3 Å². The summed E-state index contributed by atoms with van der Waals surface area (Å²) in [6.45, 7) is 9.60. The van der Waals surface area contributed by atoms with Gasteiger partial charge in [0.05, 0.1) is 29.1 Å². The van der Waals surface area contributed by atoms with E-state index in [-0.39, 0.29) is 5.91 Å². The number of carbonyl (C=O) groups excluding carboxylic acids is 1. The van der Waals surface area contributed by atoms with Crippen LogP contribution in [0.2, 0.25) is 0 Å². The van der Waals surface area contributed by atoms with Gasteiger partial charge in [0, 0.05) is 25.2 Å². The van der Waals surface area contributed by atoms with Crippen LogP contribution < -0.4 is 11.1 Å². The fourth-order valence-corrected chi connectivity index (χ4v) is 3.80. The van der Waals surface area contributed by atoms with E-state index in [2.05, 4.69) is 47.5 Å². The molecule has 29 heavy (non-hydrogen) atoms. The van der Waals surface area contributed by atoms with Gasteiger partial charge in [-0.2, -0.15) is 0 Å². The largest absolute Gasteiger partial charge is 0.353 e. The van der Waals surface area contributed by atoms with Crippen LogP contribution in [-0.2, 0) is 11.3 Å². The van der Waals surface area contributed by atoms with Gasteiger partial charge in [-0.15, -0.1) is 0 Å². The number of pyridine rings is 2. The molecule has 0 spiro atoms. The van der Waals surface area contributed by atoms with Crippen LogP contribution in [0.3, 0.4) is 0 Å². The first-order valence-electron chi connectivity index (χ1n) is 10.5. The second kappa shape index (κ2) is 9.31. The van der Waals surface area contributed by atoms with Crippen molar-refractivity contribution < 1.29 is 4.79 Å². The Labute approximate surface area is 172 Å². The molecule has 0 fully saturated rings. The molecule has 2 atom stereocenters. The number of aromatic nitrogens is 4. The van der Waals surface area contributed by atoms with E-state index in [1.807, 2.05) is 18.5 Å². The van der Waals surface area contributed by atoms with Crippen molar-refractivity contribution in [2.45, 2.75) is 65.5 Å². The van der Waals surface area contributed by atoms with Crippen LogP contribution in [-0.4, -0.2) is 38.0 Å². The monoisotopic (exact) mass is 396 g/mol. The van der Waals surface area contributed by atoms with E-state index in [9.17, 15) is 4.79 Å². The number of fused-ring (bicyclic) bond motifs is 3. The molecule has 3 N–H and O–H groups in total. The summed E-state index contributed by atoms with van der Waals surface area (Å²) < 4.78 is 2.06. The molecule has 3 rings (SSSR count). The zero-order valence-electron chi connectivity index (χ0n) is 17.9. The van der Waals surface area contributed by atoms with Crippen molar-refractivity contribution in [1.29, 1.82) is 0 Å². The van der Waals surface area contributed by atoms with Gasteiger partial charge in [-0.1, -0.05) is 34.1 Å². The van der Waals surface area contributed by atoms with Crippen LogP contribution in [0, 0.1) is 5.92 Å². The van der Waals surface area contributed by atoms with Crippen molar-refractivity contribution in [2.24, 2.45) is 11.7 Å². The minimum Gasteiger partial charge on any atom is -0.353 e. The molecule has 0 aromatic carbocycles. The highest BCUT2D eigenvalue weighted by atomic mass is 16.2. The molecule has 7 nitrogen and oxygen atoms in total. The van der Waals surface area contributed by atoms with E-state index in [4.69, 9.17) is 10.7 Å². The maximum Gasteiger partial charge on any atom is 0.236 e. The molecule has 0 bridgehead atoms. The molecule has 1 amide bonds. The van der Waals surface area contributed by atoms with Gasteiger partial charge in [0.25, 0.3) is 0 Å². The van der Waals surface area contributed by atoms with Gasteiger partial charge in [-0.05, 0) is 30.9 Å². The maximum absolute atomic E-state index is 12.2. The topological polar surface area (TPSA) is 98.7 Å². The van der Waals surface area contributed by atoms with Crippen LogP contribution in [0.25, 0.3) is 22.1 Å². The van der Waals surface area contributed by atoms with Crippen LogP contribution >= 0.6 is 0 Å². The van der Waals surface area contributed by atoms with Crippen LogP contribution in [0.1, 0.15) is 58.6 Å². The normalized spacial score (nSPS) is 13.9. The van der Waals surface area contributed by atoms with Gasteiger partial charge in [0.15, 0.2) is 0 Å². The first kappa shape index (κ1) is 21.2. The van der Waals surface area contributed by atoms with Crippen molar-refractivity contribution >= 4 is 28.0 Å². The molecular formula is C22H32N6O. The van der Waals surface area contributed by atoms with Gasteiger partial charge in [0.1, 0.15) is 11.0 Å². The number of nitrogens with two attached hydrogens (primary N) is 1. The molecular weight excluding hydrogens is 364 g/mol. The highest BCUT2D eigenvalue weighted by molar-refractivity contribution is 6.00. The Morgan fingerprint density at radius 2 is 2.03 bits per heavy atom. The molecule has 3 aromatic heterocycles. The van der Waals surface area contributed by atoms with E-state index < -0.39 is 6.04 Å². The van der Waals surface area contributed by atoms with E-state index >= 15 is 0 Å². The molecule has 156 valence electrons. The molecule has 2 unspecified atom stereocenters. The van der Waals surface area contributed by atoms with Crippen molar-refractivity contribution in [1.82, 2.24) is 24.8 Å². The summed E-state index contributed by atoms with van der Waals surface area (Å²) in [6, 6.07) is 3.43. The van der Waals surface area contributed by atoms with E-state index in [1.54, 1.807) is 6.20 Å². The molecule has 0 aliphatic carbocycles. The van der Waals surface area contributed by atoms with Crippen molar-refractivity contribution in [3.63, 3.8) is 0 Å². The quantitative estimate of drug-likeness (QED) is 0.578. The van der Waals surface area contributed by atoms with Gasteiger partial charge in [-0.3, -0.25) is 9.78 Å². The standard InChI is InChI=1S/C22H32N6O/c1-5-7-15(4)18-20-21(19-17(27-18)8-6-9-24-19)28(13-26-20)11-10-25-22(29)16(23)12-14(2)3/h6,8-9,13-16H,5,7,10-12,23H2,1-4H3,(H,25,29). The number of amides is 1. The number of rotatable bonds is 9. The van der Waals surface area contributed by atoms with E-state index in [0.717, 1.165) is 40.6 Å². The molecule has 0 aliphatic rings. The van der Waals surface area contributed by atoms with Gasteiger partial charge < -0.3 is 15.6 Å². The third kappa shape index (κ3) is 4.72. The number of carbonyl (C=O) groups is 1. The Morgan fingerprint density at radius 3 is 2.76 bits per heavy atom. The van der Waals surface area contributed by atoms with E-state index in [1.165, 1.54) is 0 Å². The molecule has 7 heteroatoms. The Morgan fingerprint density at radius 1 is 1.24 bits per heavy atom. The van der Waals surface area contributed by atoms with Crippen LogP contribution in [0.5, 0.6) is 0 Å². The first-order chi connectivity index (χ1) is 13.9. The summed E-state index contributed by atoms with van der Waals surface area (Å²) in [4.78, 5) is 26.3. The lowest BCUT2D eigenvalue weighted by molar-refractivity contribution is -0.122. The SMILES string of the molecule is CCCC(C)c1nc2cccnc2c2c1ncn2CCNC(=O)C(N)CC(C)C. The third-order valence-electron chi connectivity index (χ3n) is 5.23. The summed E-state index contributed by atoms with van der Waals surface area (Å²) in [7, 11) is 0. The molecule has 3 heterocycles. The summed E-state index contributed by atoms with van der Waals surface area (Å²) in [6.07, 6.45) is 6.44. The summed E-state index contributed by atoms with van der Waals surface area (Å²) in [5, 5.41) is 2.95. The molecule has 0 saturated heterocycles. The molecule has 0 radical (unpaired) electrons.